The number of nitrogens with zero attached hydrogens (tertiary/aromatic N) is 2. The second-order valence-corrected chi connectivity index (χ2v) is 11.1. The number of amides is 2. The number of carbonyl (C=O) groups is 2. The van der Waals surface area contributed by atoms with Crippen LogP contribution in [-0.4, -0.2) is 57.6 Å². The van der Waals surface area contributed by atoms with Crippen molar-refractivity contribution >= 4 is 39.1 Å². The standard InChI is InChI=1S/C28H32ClN3O5S/c1-4-30-28(34)26(18-21-8-6-5-7-9-21)31(19-22-10-12-23(29)13-11-22)27(33)20-32(38(3,35)36)24-14-16-25(37-2)17-15-24/h5-17,26H,4,18-20H2,1-3H3,(H,30,34). The molecule has 8 nitrogen and oxygen atoms in total. The van der Waals surface area contributed by atoms with Gasteiger partial charge < -0.3 is 15.0 Å². The molecule has 38 heavy (non-hydrogen) atoms. The molecule has 1 atom stereocenters. The van der Waals surface area contributed by atoms with E-state index in [4.69, 9.17) is 16.3 Å². The van der Waals surface area contributed by atoms with Gasteiger partial charge in [0.05, 0.1) is 19.1 Å². The number of benzene rings is 3. The third-order valence-electron chi connectivity index (χ3n) is 5.93. The lowest BCUT2D eigenvalue weighted by Crippen LogP contribution is -2.53. The smallest absolute Gasteiger partial charge is 0.244 e. The van der Waals surface area contributed by atoms with E-state index < -0.39 is 28.5 Å². The summed E-state index contributed by atoms with van der Waals surface area (Å²) in [4.78, 5) is 28.6. The predicted octanol–water partition coefficient (Wildman–Crippen LogP) is 3.89. The number of ether oxygens (including phenoxy) is 1. The van der Waals surface area contributed by atoms with E-state index in [0.717, 1.165) is 21.7 Å². The first-order valence-corrected chi connectivity index (χ1v) is 14.3. The zero-order chi connectivity index (χ0) is 27.7. The number of hydrogen-bond acceptors (Lipinski definition) is 5. The minimum Gasteiger partial charge on any atom is -0.497 e. The van der Waals surface area contributed by atoms with Crippen molar-refractivity contribution in [3.8, 4) is 5.75 Å². The number of nitrogens with one attached hydrogen (secondary N) is 1. The average Bonchev–Trinajstić information content (AvgIpc) is 2.90. The van der Waals surface area contributed by atoms with E-state index in [2.05, 4.69) is 5.32 Å². The van der Waals surface area contributed by atoms with Gasteiger partial charge in [0, 0.05) is 24.5 Å². The van der Waals surface area contributed by atoms with E-state index in [0.29, 0.717) is 23.0 Å². The molecule has 0 aromatic heterocycles. The molecule has 0 aliphatic rings. The molecule has 0 aliphatic heterocycles. The number of methoxy groups -OCH3 is 1. The second kappa shape index (κ2) is 13.3. The predicted molar refractivity (Wildman–Crippen MR) is 150 cm³/mol. The fraction of sp³-hybridized carbons (Fsp3) is 0.286. The third kappa shape index (κ3) is 7.97. The summed E-state index contributed by atoms with van der Waals surface area (Å²) in [6.45, 7) is 1.79. The Morgan fingerprint density at radius 1 is 0.947 bits per heavy atom. The van der Waals surface area contributed by atoms with Crippen LogP contribution >= 0.6 is 11.6 Å². The van der Waals surface area contributed by atoms with Crippen LogP contribution in [0.5, 0.6) is 5.75 Å². The van der Waals surface area contributed by atoms with Gasteiger partial charge in [0.2, 0.25) is 21.8 Å². The molecule has 0 fully saturated rings. The number of hydrogen-bond donors (Lipinski definition) is 1. The maximum atomic E-state index is 13.9. The highest BCUT2D eigenvalue weighted by Gasteiger charge is 2.32. The Balaban J connectivity index is 2.01. The van der Waals surface area contributed by atoms with Gasteiger partial charge in [-0.3, -0.25) is 13.9 Å². The molecule has 0 radical (unpaired) electrons. The Labute approximate surface area is 229 Å². The molecule has 3 rings (SSSR count). The van der Waals surface area contributed by atoms with Crippen LogP contribution in [0.25, 0.3) is 0 Å². The van der Waals surface area contributed by atoms with Gasteiger partial charge in [-0.15, -0.1) is 0 Å². The molecule has 2 amide bonds. The molecule has 202 valence electrons. The summed E-state index contributed by atoms with van der Waals surface area (Å²) < 4.78 is 31.7. The van der Waals surface area contributed by atoms with Gasteiger partial charge in [0.25, 0.3) is 0 Å². The van der Waals surface area contributed by atoms with Crippen molar-refractivity contribution in [2.24, 2.45) is 0 Å². The summed E-state index contributed by atoms with van der Waals surface area (Å²) >= 11 is 6.05. The Kier molecular flexibility index (Phi) is 10.2. The molecule has 0 bridgehead atoms. The van der Waals surface area contributed by atoms with Gasteiger partial charge >= 0.3 is 0 Å². The van der Waals surface area contributed by atoms with Crippen molar-refractivity contribution in [1.29, 1.82) is 0 Å². The molecule has 0 spiro atoms. The molecule has 1 unspecified atom stereocenters. The van der Waals surface area contributed by atoms with Crippen molar-refractivity contribution < 1.29 is 22.7 Å². The van der Waals surface area contributed by atoms with E-state index >= 15 is 0 Å². The number of halogens is 1. The van der Waals surface area contributed by atoms with Gasteiger partial charge in [-0.25, -0.2) is 8.42 Å². The maximum absolute atomic E-state index is 13.9. The van der Waals surface area contributed by atoms with Crippen molar-refractivity contribution in [3.63, 3.8) is 0 Å². The van der Waals surface area contributed by atoms with E-state index in [1.807, 2.05) is 30.3 Å². The highest BCUT2D eigenvalue weighted by atomic mass is 35.5. The Bertz CT molecular complexity index is 1320. The van der Waals surface area contributed by atoms with Crippen LogP contribution in [0.1, 0.15) is 18.1 Å². The Morgan fingerprint density at radius 2 is 1.58 bits per heavy atom. The minimum atomic E-state index is -3.83. The first-order chi connectivity index (χ1) is 18.1. The lowest BCUT2D eigenvalue weighted by atomic mass is 10.0. The van der Waals surface area contributed by atoms with Crippen molar-refractivity contribution in [1.82, 2.24) is 10.2 Å². The van der Waals surface area contributed by atoms with E-state index in [9.17, 15) is 18.0 Å². The summed E-state index contributed by atoms with van der Waals surface area (Å²) in [7, 11) is -2.32. The SMILES string of the molecule is CCNC(=O)C(Cc1ccccc1)N(Cc1ccc(Cl)cc1)C(=O)CN(c1ccc(OC)cc1)S(C)(=O)=O. The topological polar surface area (TPSA) is 96.0 Å². The monoisotopic (exact) mass is 557 g/mol. The number of rotatable bonds is 12. The van der Waals surface area contributed by atoms with Gasteiger partial charge in [-0.2, -0.15) is 0 Å². The van der Waals surface area contributed by atoms with E-state index in [-0.39, 0.29) is 18.9 Å². The first-order valence-electron chi connectivity index (χ1n) is 12.1. The molecule has 0 aliphatic carbocycles. The number of anilines is 1. The highest BCUT2D eigenvalue weighted by molar-refractivity contribution is 7.92. The largest absolute Gasteiger partial charge is 0.497 e. The molecule has 10 heteroatoms. The zero-order valence-corrected chi connectivity index (χ0v) is 23.2. The summed E-state index contributed by atoms with van der Waals surface area (Å²) in [5.41, 5.74) is 1.93. The highest BCUT2D eigenvalue weighted by Crippen LogP contribution is 2.23. The van der Waals surface area contributed by atoms with Crippen molar-refractivity contribution in [3.05, 3.63) is 95.0 Å². The first kappa shape index (κ1) is 29.0. The maximum Gasteiger partial charge on any atom is 0.244 e. The summed E-state index contributed by atoms with van der Waals surface area (Å²) in [6, 6.07) is 21.9. The summed E-state index contributed by atoms with van der Waals surface area (Å²) in [5, 5.41) is 3.37. The average molecular weight is 558 g/mol. The molecule has 1 N–H and O–H groups in total. The molecule has 3 aromatic carbocycles. The Morgan fingerprint density at radius 3 is 2.13 bits per heavy atom. The molecule has 0 saturated carbocycles. The fourth-order valence-electron chi connectivity index (χ4n) is 3.99. The van der Waals surface area contributed by atoms with Gasteiger partial charge in [-0.1, -0.05) is 54.1 Å². The summed E-state index contributed by atoms with van der Waals surface area (Å²) in [5.74, 6) is -0.292. The molecular weight excluding hydrogens is 526 g/mol. The molecule has 0 heterocycles. The van der Waals surface area contributed by atoms with Crippen LogP contribution in [0.3, 0.4) is 0 Å². The second-order valence-electron chi connectivity index (χ2n) is 8.72. The van der Waals surface area contributed by atoms with Crippen molar-refractivity contribution in [2.45, 2.75) is 25.9 Å². The third-order valence-corrected chi connectivity index (χ3v) is 7.32. The fourth-order valence-corrected chi connectivity index (χ4v) is 4.97. The van der Waals surface area contributed by atoms with Crippen LogP contribution in [0.4, 0.5) is 5.69 Å². The van der Waals surface area contributed by atoms with Crippen LogP contribution in [0, 0.1) is 0 Å². The van der Waals surface area contributed by atoms with Crippen LogP contribution in [-0.2, 0) is 32.6 Å². The Hall–Kier alpha value is -3.56. The normalized spacial score (nSPS) is 11.9. The lowest BCUT2D eigenvalue weighted by Gasteiger charge is -2.33. The van der Waals surface area contributed by atoms with Crippen LogP contribution < -0.4 is 14.4 Å². The molecule has 3 aromatic rings. The van der Waals surface area contributed by atoms with Crippen LogP contribution in [0.15, 0.2) is 78.9 Å². The number of sulfonamides is 1. The van der Waals surface area contributed by atoms with Crippen molar-refractivity contribution in [2.75, 3.05) is 30.8 Å². The summed E-state index contributed by atoms with van der Waals surface area (Å²) in [6.07, 6.45) is 1.30. The molecule has 0 saturated heterocycles. The number of carbonyl (C=O) groups excluding carboxylic acids is 2. The van der Waals surface area contributed by atoms with Gasteiger partial charge in [0.15, 0.2) is 0 Å². The van der Waals surface area contributed by atoms with Gasteiger partial charge in [0.1, 0.15) is 18.3 Å². The zero-order valence-electron chi connectivity index (χ0n) is 21.6. The van der Waals surface area contributed by atoms with E-state index in [1.54, 1.807) is 55.5 Å². The minimum absolute atomic E-state index is 0.0881. The number of likely N-dealkylation sites (N-methyl/N-ethyl adjacent to an activating group) is 1. The molecular formula is C28H32ClN3O5S. The quantitative estimate of drug-likeness (QED) is 0.364. The van der Waals surface area contributed by atoms with Crippen LogP contribution in [0.2, 0.25) is 5.02 Å². The van der Waals surface area contributed by atoms with E-state index in [1.165, 1.54) is 12.0 Å². The van der Waals surface area contributed by atoms with Gasteiger partial charge in [-0.05, 0) is 54.4 Å². The lowest BCUT2D eigenvalue weighted by molar-refractivity contribution is -0.140.